The lowest BCUT2D eigenvalue weighted by molar-refractivity contribution is -0.137. The third-order valence-corrected chi connectivity index (χ3v) is 16.7. The summed E-state index contributed by atoms with van der Waals surface area (Å²) in [5, 5.41) is -0.0601. The number of aromatic nitrogens is 4. The first-order valence-electron chi connectivity index (χ1n) is 27.8. The number of nitrogens with zero attached hydrogens (tertiary/aromatic N) is 8. The summed E-state index contributed by atoms with van der Waals surface area (Å²) in [6.45, 7) is 5.41. The summed E-state index contributed by atoms with van der Waals surface area (Å²) in [5.74, 6) is 2.43. The van der Waals surface area contributed by atoms with Crippen LogP contribution in [0.4, 0.5) is 39.3 Å². The van der Waals surface area contributed by atoms with Gasteiger partial charge < -0.3 is 43.1 Å². The monoisotopic (exact) mass is 1170 g/mol. The van der Waals surface area contributed by atoms with Gasteiger partial charge in [-0.05, 0) is 122 Å². The second kappa shape index (κ2) is 24.2. The van der Waals surface area contributed by atoms with Crippen molar-refractivity contribution >= 4 is 39.8 Å². The van der Waals surface area contributed by atoms with Crippen LogP contribution in [0.2, 0.25) is 5.02 Å². The fourth-order valence-electron chi connectivity index (χ4n) is 12.0. The first-order valence-corrected chi connectivity index (χ1v) is 28.1. The van der Waals surface area contributed by atoms with Gasteiger partial charge in [0.25, 0.3) is 0 Å². The maximum atomic E-state index is 17.2. The summed E-state index contributed by atoms with van der Waals surface area (Å²) in [5.41, 5.74) is 0.741. The van der Waals surface area contributed by atoms with Gasteiger partial charge in [-0.1, -0.05) is 66.2 Å². The van der Waals surface area contributed by atoms with Crippen LogP contribution in [0.25, 0.3) is 22.2 Å². The summed E-state index contributed by atoms with van der Waals surface area (Å²) < 4.78 is 115. The minimum absolute atomic E-state index is 0.00957. The maximum absolute atomic E-state index is 17.2. The van der Waals surface area contributed by atoms with E-state index in [1.54, 1.807) is 63.8 Å². The minimum Gasteiger partial charge on any atom is -0.497 e. The third-order valence-electron chi connectivity index (χ3n) is 16.3. The number of rotatable bonds is 20. The van der Waals surface area contributed by atoms with Crippen molar-refractivity contribution in [1.82, 2.24) is 24.8 Å². The van der Waals surface area contributed by atoms with Crippen molar-refractivity contribution in [2.24, 2.45) is 0 Å². The summed E-state index contributed by atoms with van der Waals surface area (Å²) in [7, 11) is 6.33. The van der Waals surface area contributed by atoms with Crippen molar-refractivity contribution in [2.75, 3.05) is 76.0 Å². The second-order valence-electron chi connectivity index (χ2n) is 21.5. The van der Waals surface area contributed by atoms with Gasteiger partial charge in [0.2, 0.25) is 5.88 Å². The van der Waals surface area contributed by atoms with Gasteiger partial charge in [-0.3, -0.25) is 4.90 Å². The van der Waals surface area contributed by atoms with E-state index in [4.69, 9.17) is 60.0 Å². The number of methoxy groups -OCH3 is 4. The van der Waals surface area contributed by atoms with Crippen molar-refractivity contribution < 1.29 is 50.4 Å². The summed E-state index contributed by atoms with van der Waals surface area (Å²) in [6.07, 6.45) is -2.60. The minimum atomic E-state index is -5.10. The number of anilines is 3. The van der Waals surface area contributed by atoms with Gasteiger partial charge in [-0.15, -0.1) is 0 Å². The van der Waals surface area contributed by atoms with Crippen molar-refractivity contribution in [3.05, 3.63) is 171 Å². The summed E-state index contributed by atoms with van der Waals surface area (Å²) in [6, 6.07) is 34.4. The molecule has 0 unspecified atom stereocenters. The molecule has 3 atom stereocenters. The van der Waals surface area contributed by atoms with E-state index in [0.29, 0.717) is 43.4 Å². The van der Waals surface area contributed by atoms with E-state index in [2.05, 4.69) is 9.80 Å². The van der Waals surface area contributed by atoms with E-state index in [1.807, 2.05) is 96.8 Å². The maximum Gasteiger partial charge on any atom is 0.417 e. The average Bonchev–Trinajstić information content (AvgIpc) is 1.63. The SMILES string of the molecule is COc1ccc(CN(Cc2ccc(OC)cc2)c2cc(-c3nc4c5c(nc(OC[C@@]67CCCN6C[C@H](F)C7)nc5c3Cl)N([C@H](C)c3cccnc3N(Cc3ccc(OC)cc3)Cc3ccc(OC)cc3)CCO4)c(C(F)(F)F)c(C)c2F)cc1. The van der Waals surface area contributed by atoms with Crippen LogP contribution in [0.15, 0.2) is 121 Å². The van der Waals surface area contributed by atoms with Gasteiger partial charge in [0.15, 0.2) is 0 Å². The zero-order chi connectivity index (χ0) is 58.9. The zero-order valence-corrected chi connectivity index (χ0v) is 48.2. The van der Waals surface area contributed by atoms with E-state index in [9.17, 15) is 0 Å². The number of benzene rings is 5. The number of fused-ring (bicyclic) bond motifs is 1. The van der Waals surface area contributed by atoms with Gasteiger partial charge in [-0.2, -0.15) is 23.1 Å². The molecule has 3 aliphatic heterocycles. The Bertz CT molecular complexity index is 3540. The third kappa shape index (κ3) is 11.7. The van der Waals surface area contributed by atoms with Crippen molar-refractivity contribution in [2.45, 2.75) is 83.2 Å². The number of hydrogen-bond acceptors (Lipinski definition) is 14. The number of ether oxygens (including phenoxy) is 6. The van der Waals surface area contributed by atoms with Gasteiger partial charge in [0, 0.05) is 56.5 Å². The molecule has 5 aromatic carbocycles. The Morgan fingerprint density at radius 1 is 0.750 bits per heavy atom. The highest BCUT2D eigenvalue weighted by molar-refractivity contribution is 6.38. The lowest BCUT2D eigenvalue weighted by Crippen LogP contribution is -2.43. The molecule has 0 radical (unpaired) electrons. The van der Waals surface area contributed by atoms with E-state index < -0.39 is 46.4 Å². The van der Waals surface area contributed by atoms with Gasteiger partial charge in [0.1, 0.15) is 70.7 Å². The Hall–Kier alpha value is -8.16. The molecular formula is C64H64ClF5N8O6. The summed E-state index contributed by atoms with van der Waals surface area (Å²) >= 11 is 7.56. The number of halogens is 6. The van der Waals surface area contributed by atoms with Gasteiger partial charge >= 0.3 is 12.2 Å². The fourth-order valence-corrected chi connectivity index (χ4v) is 12.3. The molecule has 0 N–H and O–H groups in total. The lowest BCUT2D eigenvalue weighted by atomic mass is 9.95. The Kier molecular flexibility index (Phi) is 16.6. The molecule has 6 heterocycles. The molecule has 438 valence electrons. The molecule has 0 aliphatic carbocycles. The molecule has 84 heavy (non-hydrogen) atoms. The Morgan fingerprint density at radius 3 is 1.83 bits per heavy atom. The van der Waals surface area contributed by atoms with Crippen LogP contribution in [0.1, 0.15) is 71.2 Å². The van der Waals surface area contributed by atoms with Crippen LogP contribution in [0, 0.1) is 12.7 Å². The molecule has 2 saturated heterocycles. The number of alkyl halides is 4. The molecule has 0 spiro atoms. The predicted molar refractivity (Wildman–Crippen MR) is 313 cm³/mol. The molecule has 3 aromatic heterocycles. The standard InChI is InChI=1S/C64H64ClF5N8O6/c1-39-54(64(68,69)70)51(31-52(56(39)67)75(33-41-10-18-46(79-3)19-11-41)34-42-12-20-47(80-4)21-13-42)57-55(65)58-53-60(74-62(73-58)84-38-63-26-8-28-77(63)37-45(66)32-63)78(29-30-83-61(53)72-57)40(2)50-9-7-27-71-59(50)76(35-43-14-22-48(81-5)23-15-43)36-44-16-24-49(82-6)25-17-44/h7,9-25,27,31,40,45H,8,26,28-30,32-38H2,1-6H3/t40-,45-,63+/m1/s1. The average molecular weight is 1170 g/mol. The highest BCUT2D eigenvalue weighted by atomic mass is 35.5. The highest BCUT2D eigenvalue weighted by Crippen LogP contribution is 2.50. The van der Waals surface area contributed by atoms with E-state index in [0.717, 1.165) is 58.7 Å². The van der Waals surface area contributed by atoms with Crippen molar-refractivity contribution in [3.63, 3.8) is 0 Å². The lowest BCUT2D eigenvalue weighted by Gasteiger charge is -2.34. The first kappa shape index (κ1) is 57.6. The van der Waals surface area contributed by atoms with Gasteiger partial charge in [0.05, 0.1) is 68.5 Å². The molecule has 8 aromatic rings. The normalized spacial score (nSPS) is 17.1. The van der Waals surface area contributed by atoms with Crippen LogP contribution in [-0.2, 0) is 32.4 Å². The molecule has 11 rings (SSSR count). The zero-order valence-electron chi connectivity index (χ0n) is 47.5. The molecule has 0 saturated carbocycles. The largest absolute Gasteiger partial charge is 0.497 e. The van der Waals surface area contributed by atoms with Gasteiger partial charge in [-0.25, -0.2) is 18.7 Å². The predicted octanol–water partition coefficient (Wildman–Crippen LogP) is 13.6. The van der Waals surface area contributed by atoms with Crippen LogP contribution in [0.3, 0.4) is 0 Å². The molecular weight excluding hydrogens is 1110 g/mol. The second-order valence-corrected chi connectivity index (χ2v) is 21.9. The topological polar surface area (TPSA) is 120 Å². The summed E-state index contributed by atoms with van der Waals surface area (Å²) in [4.78, 5) is 27.9. The quantitative estimate of drug-likeness (QED) is 0.0673. The van der Waals surface area contributed by atoms with E-state index >= 15 is 22.0 Å². The number of hydrogen-bond donors (Lipinski definition) is 0. The molecule has 3 aliphatic rings. The molecule has 20 heteroatoms. The Balaban J connectivity index is 1.06. The van der Waals surface area contributed by atoms with Crippen LogP contribution in [-0.4, -0.2) is 97.8 Å². The van der Waals surface area contributed by atoms with E-state index in [1.165, 1.54) is 0 Å². The van der Waals surface area contributed by atoms with Crippen LogP contribution < -0.4 is 43.1 Å². The van der Waals surface area contributed by atoms with Crippen molar-refractivity contribution in [3.8, 4) is 46.1 Å². The number of pyridine rings is 2. The highest BCUT2D eigenvalue weighted by Gasteiger charge is 2.50. The molecule has 2 fully saturated rings. The Labute approximate surface area is 489 Å². The van der Waals surface area contributed by atoms with Crippen LogP contribution in [0.5, 0.6) is 34.9 Å². The van der Waals surface area contributed by atoms with Crippen molar-refractivity contribution in [1.29, 1.82) is 0 Å². The van der Waals surface area contributed by atoms with Crippen LogP contribution >= 0.6 is 11.6 Å². The molecule has 0 amide bonds. The fraction of sp³-hybridized carbons (Fsp3) is 0.344. The smallest absolute Gasteiger partial charge is 0.417 e. The molecule has 0 bridgehead atoms. The first-order chi connectivity index (χ1) is 40.6. The molecule has 14 nitrogen and oxygen atoms in total. The van der Waals surface area contributed by atoms with E-state index in [-0.39, 0.29) is 90.8 Å². The Morgan fingerprint density at radius 2 is 1.30 bits per heavy atom.